The molecule has 0 bridgehead atoms. The Morgan fingerprint density at radius 1 is 1.33 bits per heavy atom. The maximum atomic E-state index is 12.3. The summed E-state index contributed by atoms with van der Waals surface area (Å²) >= 11 is 0. The van der Waals surface area contributed by atoms with Gasteiger partial charge in [0.05, 0.1) is 18.7 Å². The van der Waals surface area contributed by atoms with Gasteiger partial charge in [-0.05, 0) is 18.2 Å². The number of hydrogen-bond acceptors (Lipinski definition) is 3. The first kappa shape index (κ1) is 12.4. The Morgan fingerprint density at radius 2 is 2.06 bits per heavy atom. The number of carbonyl (C=O) groups excluding carboxylic acids is 2. The number of benzene rings is 1. The molecule has 96 valence electrons. The van der Waals surface area contributed by atoms with Gasteiger partial charge in [0.25, 0.3) is 5.78 Å². The highest BCUT2D eigenvalue weighted by molar-refractivity contribution is 6.02. The summed E-state index contributed by atoms with van der Waals surface area (Å²) in [5.74, 6) is -2.08. The van der Waals surface area contributed by atoms with Crippen LogP contribution < -0.4 is 10.1 Å². The molecule has 1 aliphatic heterocycles. The first-order valence-corrected chi connectivity index (χ1v) is 5.06. The van der Waals surface area contributed by atoms with E-state index in [4.69, 9.17) is 4.74 Å². The van der Waals surface area contributed by atoms with Crippen LogP contribution in [0.15, 0.2) is 18.2 Å². The van der Waals surface area contributed by atoms with E-state index in [1.807, 2.05) is 0 Å². The second kappa shape index (κ2) is 4.32. The molecule has 1 aromatic carbocycles. The summed E-state index contributed by atoms with van der Waals surface area (Å²) in [4.78, 5) is 22.3. The minimum Gasteiger partial charge on any atom is -0.491 e. The van der Waals surface area contributed by atoms with Crippen LogP contribution in [0.2, 0.25) is 0 Å². The number of anilines is 1. The summed E-state index contributed by atoms with van der Waals surface area (Å²) in [5, 5.41) is 2.39. The van der Waals surface area contributed by atoms with Crippen molar-refractivity contribution >= 4 is 17.4 Å². The van der Waals surface area contributed by atoms with Gasteiger partial charge in [0, 0.05) is 5.56 Å². The zero-order valence-electron chi connectivity index (χ0n) is 9.00. The normalized spacial score (nSPS) is 15.2. The maximum Gasteiger partial charge on any atom is 0.454 e. The molecule has 0 unspecified atom stereocenters. The van der Waals surface area contributed by atoms with Crippen LogP contribution in [0, 0.1) is 0 Å². The van der Waals surface area contributed by atoms with Gasteiger partial charge in [-0.3, -0.25) is 9.59 Å². The minimum atomic E-state index is -4.94. The van der Waals surface area contributed by atoms with Crippen LogP contribution in [0.4, 0.5) is 18.9 Å². The van der Waals surface area contributed by atoms with Crippen LogP contribution in [-0.4, -0.2) is 24.5 Å². The van der Waals surface area contributed by atoms with Gasteiger partial charge in [-0.2, -0.15) is 13.2 Å². The standard InChI is InChI=1S/C11H8F3NO3/c12-11(13,14)10(17)6-1-2-8-7(5-6)15-9(16)3-4-18-8/h1-2,5H,3-4H2,(H,15,16). The van der Waals surface area contributed by atoms with Crippen LogP contribution in [-0.2, 0) is 4.79 Å². The molecule has 0 aromatic heterocycles. The van der Waals surface area contributed by atoms with Crippen molar-refractivity contribution in [2.75, 3.05) is 11.9 Å². The molecule has 0 spiro atoms. The lowest BCUT2D eigenvalue weighted by Crippen LogP contribution is -2.22. The molecule has 18 heavy (non-hydrogen) atoms. The van der Waals surface area contributed by atoms with Crippen molar-refractivity contribution < 1.29 is 27.5 Å². The van der Waals surface area contributed by atoms with Crippen LogP contribution in [0.25, 0.3) is 0 Å². The first-order chi connectivity index (χ1) is 8.38. The molecule has 0 radical (unpaired) electrons. The molecule has 1 aliphatic rings. The van der Waals surface area contributed by atoms with Crippen molar-refractivity contribution in [1.82, 2.24) is 0 Å². The van der Waals surface area contributed by atoms with Crippen LogP contribution in [0.5, 0.6) is 5.75 Å². The average molecular weight is 259 g/mol. The Bertz CT molecular complexity index is 511. The van der Waals surface area contributed by atoms with Gasteiger partial charge in [-0.25, -0.2) is 0 Å². The topological polar surface area (TPSA) is 55.4 Å². The molecular formula is C11H8F3NO3. The lowest BCUT2D eigenvalue weighted by atomic mass is 10.1. The predicted octanol–water partition coefficient (Wildman–Crippen LogP) is 2.15. The highest BCUT2D eigenvalue weighted by Crippen LogP contribution is 2.30. The summed E-state index contributed by atoms with van der Waals surface area (Å²) in [6, 6.07) is 3.22. The molecule has 1 N–H and O–H groups in total. The zero-order chi connectivity index (χ0) is 13.3. The van der Waals surface area contributed by atoms with Crippen LogP contribution in [0.3, 0.4) is 0 Å². The van der Waals surface area contributed by atoms with Crippen molar-refractivity contribution in [3.05, 3.63) is 23.8 Å². The molecule has 1 aromatic rings. The van der Waals surface area contributed by atoms with E-state index in [1.54, 1.807) is 0 Å². The Hall–Kier alpha value is -2.05. The molecule has 7 heteroatoms. The van der Waals surface area contributed by atoms with Crippen molar-refractivity contribution in [3.8, 4) is 5.75 Å². The molecule has 0 fully saturated rings. The van der Waals surface area contributed by atoms with Crippen molar-refractivity contribution in [2.24, 2.45) is 0 Å². The number of fused-ring (bicyclic) bond motifs is 1. The summed E-state index contributed by atoms with van der Waals surface area (Å²) in [6.45, 7) is 0.144. The molecular weight excluding hydrogens is 251 g/mol. The number of nitrogens with one attached hydrogen (secondary N) is 1. The monoisotopic (exact) mass is 259 g/mol. The molecule has 4 nitrogen and oxygen atoms in total. The number of rotatable bonds is 1. The highest BCUT2D eigenvalue weighted by Gasteiger charge is 2.39. The van der Waals surface area contributed by atoms with Crippen molar-refractivity contribution in [1.29, 1.82) is 0 Å². The third-order valence-electron chi connectivity index (χ3n) is 2.36. The molecule has 0 aliphatic carbocycles. The van der Waals surface area contributed by atoms with Gasteiger partial charge in [0.2, 0.25) is 5.91 Å². The van der Waals surface area contributed by atoms with Gasteiger partial charge in [0.1, 0.15) is 5.75 Å². The van der Waals surface area contributed by atoms with Gasteiger partial charge < -0.3 is 10.1 Å². The fourth-order valence-electron chi connectivity index (χ4n) is 1.52. The third-order valence-corrected chi connectivity index (χ3v) is 2.36. The number of ketones is 1. The smallest absolute Gasteiger partial charge is 0.454 e. The largest absolute Gasteiger partial charge is 0.491 e. The SMILES string of the molecule is O=C1CCOc2ccc(C(=O)C(F)(F)F)cc2N1. The second-order valence-electron chi connectivity index (χ2n) is 3.68. The lowest BCUT2D eigenvalue weighted by Gasteiger charge is -2.10. The quantitative estimate of drug-likeness (QED) is 0.786. The fraction of sp³-hybridized carbons (Fsp3) is 0.273. The van der Waals surface area contributed by atoms with E-state index in [0.29, 0.717) is 0 Å². The molecule has 1 amide bonds. The Labute approximate surface area is 99.7 Å². The number of ether oxygens (including phenoxy) is 1. The number of carbonyl (C=O) groups is 2. The number of Topliss-reactive ketones (excluding diaryl/α,β-unsaturated/α-hetero) is 1. The summed E-state index contributed by atoms with van der Waals surface area (Å²) in [7, 11) is 0. The van der Waals surface area contributed by atoms with E-state index in [9.17, 15) is 22.8 Å². The van der Waals surface area contributed by atoms with E-state index in [2.05, 4.69) is 5.32 Å². The van der Waals surface area contributed by atoms with E-state index >= 15 is 0 Å². The maximum absolute atomic E-state index is 12.3. The Kier molecular flexibility index (Phi) is 2.98. The average Bonchev–Trinajstić information content (AvgIpc) is 2.46. The Balaban J connectivity index is 2.37. The first-order valence-electron chi connectivity index (χ1n) is 5.06. The zero-order valence-corrected chi connectivity index (χ0v) is 9.00. The third kappa shape index (κ3) is 2.44. The van der Waals surface area contributed by atoms with E-state index in [1.165, 1.54) is 6.07 Å². The molecule has 2 rings (SSSR count). The van der Waals surface area contributed by atoms with E-state index in [0.717, 1.165) is 12.1 Å². The molecule has 0 saturated heterocycles. The van der Waals surface area contributed by atoms with Gasteiger partial charge in [-0.15, -0.1) is 0 Å². The van der Waals surface area contributed by atoms with Crippen LogP contribution >= 0.6 is 0 Å². The molecule has 0 saturated carbocycles. The number of amides is 1. The van der Waals surface area contributed by atoms with E-state index < -0.39 is 17.5 Å². The summed E-state index contributed by atoms with van der Waals surface area (Å²) in [5.41, 5.74) is -0.459. The van der Waals surface area contributed by atoms with Crippen molar-refractivity contribution in [3.63, 3.8) is 0 Å². The molecule has 0 atom stereocenters. The van der Waals surface area contributed by atoms with Gasteiger partial charge >= 0.3 is 6.18 Å². The number of hydrogen-bond donors (Lipinski definition) is 1. The highest BCUT2D eigenvalue weighted by atomic mass is 19.4. The second-order valence-corrected chi connectivity index (χ2v) is 3.68. The fourth-order valence-corrected chi connectivity index (χ4v) is 1.52. The van der Waals surface area contributed by atoms with Gasteiger partial charge in [0.15, 0.2) is 0 Å². The minimum absolute atomic E-state index is 0.0765. The van der Waals surface area contributed by atoms with Crippen molar-refractivity contribution in [2.45, 2.75) is 12.6 Å². The summed E-state index contributed by atoms with van der Waals surface area (Å²) in [6.07, 6.45) is -4.83. The summed E-state index contributed by atoms with van der Waals surface area (Å²) < 4.78 is 41.9. The van der Waals surface area contributed by atoms with Crippen LogP contribution in [0.1, 0.15) is 16.8 Å². The van der Waals surface area contributed by atoms with E-state index in [-0.39, 0.29) is 30.4 Å². The number of halogens is 3. The lowest BCUT2D eigenvalue weighted by molar-refractivity contribution is -0.116. The molecule has 1 heterocycles. The predicted molar refractivity (Wildman–Crippen MR) is 55.6 cm³/mol. The Morgan fingerprint density at radius 3 is 2.72 bits per heavy atom. The van der Waals surface area contributed by atoms with Gasteiger partial charge in [-0.1, -0.05) is 0 Å². The number of alkyl halides is 3.